The lowest BCUT2D eigenvalue weighted by molar-refractivity contribution is -0.145. The van der Waals surface area contributed by atoms with Crippen molar-refractivity contribution in [3.05, 3.63) is 75.6 Å². The number of phenols is 2. The molecule has 1 heterocycles. The van der Waals surface area contributed by atoms with E-state index in [1.807, 2.05) is 13.8 Å². The predicted molar refractivity (Wildman–Crippen MR) is 115 cm³/mol. The molecule has 0 aliphatic heterocycles. The minimum atomic E-state index is -1.20. The molecule has 2 aromatic carbocycles. The van der Waals surface area contributed by atoms with Crippen molar-refractivity contribution in [3.8, 4) is 11.5 Å². The van der Waals surface area contributed by atoms with E-state index < -0.39 is 17.9 Å². The van der Waals surface area contributed by atoms with E-state index in [1.54, 1.807) is 24.3 Å². The van der Waals surface area contributed by atoms with Gasteiger partial charge in [0.1, 0.15) is 17.2 Å². The molecule has 0 spiro atoms. The number of aromatic carboxylic acids is 1. The highest BCUT2D eigenvalue weighted by molar-refractivity contribution is 5.88. The Bertz CT molecular complexity index is 1210. The summed E-state index contributed by atoms with van der Waals surface area (Å²) in [6.07, 6.45) is 2.40. The van der Waals surface area contributed by atoms with Crippen molar-refractivity contribution < 1.29 is 30.0 Å². The fourth-order valence-corrected chi connectivity index (χ4v) is 4.39. The number of carboxylic acids is 2. The molecule has 1 unspecified atom stereocenters. The molecule has 8 nitrogen and oxygen atoms in total. The van der Waals surface area contributed by atoms with Gasteiger partial charge in [-0.15, -0.1) is 0 Å². The Hall–Kier alpha value is -3.81. The summed E-state index contributed by atoms with van der Waals surface area (Å²) >= 11 is 0. The molecule has 0 amide bonds. The van der Waals surface area contributed by atoms with Gasteiger partial charge in [-0.05, 0) is 61.4 Å². The van der Waals surface area contributed by atoms with Gasteiger partial charge in [0.15, 0.2) is 0 Å². The summed E-state index contributed by atoms with van der Waals surface area (Å²) in [5.41, 5.74) is 3.69. The van der Waals surface area contributed by atoms with Crippen molar-refractivity contribution in [3.63, 3.8) is 0 Å². The van der Waals surface area contributed by atoms with E-state index in [1.165, 1.54) is 12.3 Å². The lowest BCUT2D eigenvalue weighted by Gasteiger charge is -2.33. The first kappa shape index (κ1) is 21.4. The van der Waals surface area contributed by atoms with Crippen LogP contribution in [0.5, 0.6) is 11.5 Å². The van der Waals surface area contributed by atoms with Crippen LogP contribution in [-0.2, 0) is 4.79 Å². The summed E-state index contributed by atoms with van der Waals surface area (Å²) in [6, 6.07) is 8.46. The number of hydrogen-bond donors (Lipinski definition) is 5. The molecule has 32 heavy (non-hydrogen) atoms. The van der Waals surface area contributed by atoms with Crippen LogP contribution >= 0.6 is 0 Å². The van der Waals surface area contributed by atoms with Gasteiger partial charge >= 0.3 is 11.9 Å². The largest absolute Gasteiger partial charge is 0.508 e. The van der Waals surface area contributed by atoms with Gasteiger partial charge in [-0.2, -0.15) is 5.10 Å². The number of aromatic amines is 1. The van der Waals surface area contributed by atoms with Crippen LogP contribution in [0, 0.1) is 19.8 Å². The topological polar surface area (TPSA) is 144 Å². The molecule has 0 radical (unpaired) electrons. The number of nitrogens with one attached hydrogen (secondary N) is 1. The number of hydrogen-bond acceptors (Lipinski definition) is 5. The van der Waals surface area contributed by atoms with Gasteiger partial charge in [0.2, 0.25) is 0 Å². The fourth-order valence-electron chi connectivity index (χ4n) is 4.39. The number of phenolic OH excluding ortho intramolecular Hbond substituents is 2. The Labute approximate surface area is 184 Å². The van der Waals surface area contributed by atoms with Crippen molar-refractivity contribution in [1.29, 1.82) is 0 Å². The van der Waals surface area contributed by atoms with E-state index in [9.17, 15) is 30.0 Å². The Balaban J connectivity index is 1.87. The third-order valence-electron chi connectivity index (χ3n) is 6.47. The quantitative estimate of drug-likeness (QED) is 0.394. The molecular formula is C24H24N2O6. The van der Waals surface area contributed by atoms with Crippen LogP contribution in [-0.4, -0.2) is 42.6 Å². The van der Waals surface area contributed by atoms with Crippen LogP contribution < -0.4 is 0 Å². The van der Waals surface area contributed by atoms with E-state index in [0.717, 1.165) is 16.7 Å². The van der Waals surface area contributed by atoms with E-state index in [4.69, 9.17) is 0 Å². The summed E-state index contributed by atoms with van der Waals surface area (Å²) in [6.45, 7) is 3.75. The number of benzene rings is 2. The lowest BCUT2D eigenvalue weighted by Crippen LogP contribution is -2.28. The predicted octanol–water partition coefficient (Wildman–Crippen LogP) is 3.89. The molecule has 5 N–H and O–H groups in total. The van der Waals surface area contributed by atoms with E-state index in [-0.39, 0.29) is 29.0 Å². The fraction of sp³-hybridized carbons (Fsp3) is 0.292. The molecule has 1 aliphatic carbocycles. The SMILES string of the molecule is Cc1cc(O)c(C(c2cc(C3CC(C(=O)O)C3)ccc2O)c2cn[nH]c2C(=O)O)cc1C. The molecule has 1 aliphatic rings. The zero-order valence-electron chi connectivity index (χ0n) is 17.7. The number of aromatic hydroxyl groups is 2. The molecule has 4 rings (SSSR count). The van der Waals surface area contributed by atoms with Crippen molar-refractivity contribution >= 4 is 11.9 Å². The Morgan fingerprint density at radius 2 is 1.62 bits per heavy atom. The maximum atomic E-state index is 11.8. The van der Waals surface area contributed by atoms with Gasteiger partial charge in [-0.3, -0.25) is 9.89 Å². The van der Waals surface area contributed by atoms with Gasteiger partial charge in [0.25, 0.3) is 0 Å². The standard InChI is InChI=1S/C24H24N2O6/c1-11-5-16(20(28)6-12(11)2)21(18-10-25-26-22(18)24(31)32)17-9-13(3-4-19(17)27)14-7-15(8-14)23(29)30/h3-6,9-10,14-15,21,27-28H,7-8H2,1-2H3,(H,25,26)(H,29,30)(H,31,32). The van der Waals surface area contributed by atoms with E-state index >= 15 is 0 Å². The van der Waals surface area contributed by atoms with Crippen molar-refractivity contribution in [2.75, 3.05) is 0 Å². The van der Waals surface area contributed by atoms with Gasteiger partial charge in [-0.25, -0.2) is 4.79 Å². The van der Waals surface area contributed by atoms with Crippen LogP contribution in [0.2, 0.25) is 0 Å². The summed E-state index contributed by atoms with van der Waals surface area (Å²) < 4.78 is 0. The molecular weight excluding hydrogens is 412 g/mol. The minimum Gasteiger partial charge on any atom is -0.508 e. The number of rotatable bonds is 6. The van der Waals surface area contributed by atoms with Gasteiger partial charge in [0.05, 0.1) is 12.1 Å². The third-order valence-corrected chi connectivity index (χ3v) is 6.47. The number of H-pyrrole nitrogens is 1. The molecule has 1 aromatic heterocycles. The Kier molecular flexibility index (Phi) is 5.38. The highest BCUT2D eigenvalue weighted by Gasteiger charge is 2.36. The van der Waals surface area contributed by atoms with Crippen molar-refractivity contribution in [1.82, 2.24) is 10.2 Å². The van der Waals surface area contributed by atoms with Crippen LogP contribution in [0.15, 0.2) is 36.5 Å². The highest BCUT2D eigenvalue weighted by Crippen LogP contribution is 2.46. The first-order valence-corrected chi connectivity index (χ1v) is 10.3. The molecule has 0 saturated heterocycles. The van der Waals surface area contributed by atoms with Crippen LogP contribution in [0.1, 0.15) is 68.5 Å². The Morgan fingerprint density at radius 3 is 2.28 bits per heavy atom. The summed E-state index contributed by atoms with van der Waals surface area (Å²) in [7, 11) is 0. The van der Waals surface area contributed by atoms with Gasteiger partial charge in [-0.1, -0.05) is 18.2 Å². The summed E-state index contributed by atoms with van der Waals surface area (Å²) in [5, 5.41) is 46.8. The molecule has 1 saturated carbocycles. The van der Waals surface area contributed by atoms with Gasteiger partial charge in [0, 0.05) is 22.6 Å². The third kappa shape index (κ3) is 3.68. The number of carbonyl (C=O) groups is 2. The Morgan fingerprint density at radius 1 is 0.969 bits per heavy atom. The molecule has 3 aromatic rings. The second kappa shape index (κ2) is 8.03. The van der Waals surface area contributed by atoms with Crippen molar-refractivity contribution in [2.45, 2.75) is 38.5 Å². The smallest absolute Gasteiger partial charge is 0.354 e. The first-order chi connectivity index (χ1) is 15.2. The zero-order chi connectivity index (χ0) is 23.2. The first-order valence-electron chi connectivity index (χ1n) is 10.3. The normalized spacial score (nSPS) is 18.7. The monoisotopic (exact) mass is 436 g/mol. The highest BCUT2D eigenvalue weighted by atomic mass is 16.4. The molecule has 0 bridgehead atoms. The van der Waals surface area contributed by atoms with Crippen LogP contribution in [0.3, 0.4) is 0 Å². The van der Waals surface area contributed by atoms with Gasteiger partial charge < -0.3 is 20.4 Å². The number of aliphatic carboxylic acids is 1. The maximum absolute atomic E-state index is 11.8. The second-order valence-corrected chi connectivity index (χ2v) is 8.46. The average Bonchev–Trinajstić information content (AvgIpc) is 3.16. The zero-order valence-corrected chi connectivity index (χ0v) is 17.7. The number of carboxylic acid groups (broad SMARTS) is 2. The lowest BCUT2D eigenvalue weighted by atomic mass is 9.70. The minimum absolute atomic E-state index is 0.0185. The average molecular weight is 436 g/mol. The molecule has 8 heteroatoms. The molecule has 166 valence electrons. The van der Waals surface area contributed by atoms with Crippen molar-refractivity contribution in [2.24, 2.45) is 5.92 Å². The summed E-state index contributed by atoms with van der Waals surface area (Å²) in [5.74, 6) is -3.24. The van der Waals surface area contributed by atoms with Crippen LogP contribution in [0.25, 0.3) is 0 Å². The summed E-state index contributed by atoms with van der Waals surface area (Å²) in [4.78, 5) is 23.0. The second-order valence-electron chi connectivity index (χ2n) is 8.46. The number of aryl methyl sites for hydroxylation is 2. The maximum Gasteiger partial charge on any atom is 0.354 e. The molecule has 1 atom stereocenters. The van der Waals surface area contributed by atoms with Crippen LogP contribution in [0.4, 0.5) is 0 Å². The molecule has 1 fully saturated rings. The van der Waals surface area contributed by atoms with E-state index in [0.29, 0.717) is 29.5 Å². The number of nitrogens with zero attached hydrogens (tertiary/aromatic N) is 1. The van der Waals surface area contributed by atoms with E-state index in [2.05, 4.69) is 10.2 Å². The number of aromatic nitrogens is 2.